The zero-order valence-corrected chi connectivity index (χ0v) is 14.8. The molecule has 1 aromatic heterocycles. The molecule has 0 saturated heterocycles. The Kier molecular flexibility index (Phi) is 4.78. The number of methoxy groups -OCH3 is 1. The zero-order valence-electron chi connectivity index (χ0n) is 14.0. The number of aliphatic hydroxyl groups excluding tert-OH is 1. The molecule has 3 aromatic rings. The fourth-order valence-electron chi connectivity index (χ4n) is 2.79. The minimum atomic E-state index is -0.0549. The van der Waals surface area contributed by atoms with E-state index in [1.807, 2.05) is 36.4 Å². The summed E-state index contributed by atoms with van der Waals surface area (Å²) in [4.78, 5) is 4.71. The molecule has 2 aromatic carbocycles. The first kappa shape index (κ1) is 16.8. The minimum absolute atomic E-state index is 0.0549. The van der Waals surface area contributed by atoms with Crippen molar-refractivity contribution in [2.45, 2.75) is 19.9 Å². The summed E-state index contributed by atoms with van der Waals surface area (Å²) in [6.45, 7) is 4.22. The van der Waals surface area contributed by atoms with Crippen LogP contribution >= 0.6 is 11.6 Å². The van der Waals surface area contributed by atoms with Gasteiger partial charge in [0.25, 0.3) is 0 Å². The van der Waals surface area contributed by atoms with E-state index in [0.29, 0.717) is 5.02 Å². The highest BCUT2D eigenvalue weighted by Gasteiger charge is 2.17. The highest BCUT2D eigenvalue weighted by molar-refractivity contribution is 6.31. The van der Waals surface area contributed by atoms with Gasteiger partial charge in [0.1, 0.15) is 5.75 Å². The molecule has 0 fully saturated rings. The molecule has 3 rings (SSSR count). The monoisotopic (exact) mass is 344 g/mol. The van der Waals surface area contributed by atoms with Crippen LogP contribution in [0.15, 0.2) is 36.4 Å². The summed E-state index contributed by atoms with van der Waals surface area (Å²) in [7, 11) is 1.65. The Morgan fingerprint density at radius 1 is 1.12 bits per heavy atom. The molecule has 2 N–H and O–H groups in total. The van der Waals surface area contributed by atoms with E-state index >= 15 is 0 Å². The SMILES string of the molecule is COc1ccc2nc3cc(Cl)ccc3c(N[C@@H](CO)C(C)C)c2c1. The van der Waals surface area contributed by atoms with Gasteiger partial charge in [-0.3, -0.25) is 0 Å². The average Bonchev–Trinajstić information content (AvgIpc) is 2.57. The molecule has 5 heteroatoms. The van der Waals surface area contributed by atoms with Crippen molar-refractivity contribution in [1.29, 1.82) is 0 Å². The summed E-state index contributed by atoms with van der Waals surface area (Å²) >= 11 is 6.13. The molecule has 0 unspecified atom stereocenters. The van der Waals surface area contributed by atoms with E-state index in [-0.39, 0.29) is 18.6 Å². The number of pyridine rings is 1. The zero-order chi connectivity index (χ0) is 17.3. The van der Waals surface area contributed by atoms with Gasteiger partial charge in [-0.05, 0) is 42.3 Å². The maximum atomic E-state index is 9.72. The van der Waals surface area contributed by atoms with E-state index in [2.05, 4.69) is 19.2 Å². The Labute approximate surface area is 146 Å². The highest BCUT2D eigenvalue weighted by atomic mass is 35.5. The maximum absolute atomic E-state index is 9.72. The molecular weight excluding hydrogens is 324 g/mol. The second-order valence-corrected chi connectivity index (χ2v) is 6.65. The number of rotatable bonds is 5. The van der Waals surface area contributed by atoms with Crippen LogP contribution in [-0.2, 0) is 0 Å². The molecule has 0 aliphatic carbocycles. The maximum Gasteiger partial charge on any atom is 0.119 e. The van der Waals surface area contributed by atoms with Gasteiger partial charge in [-0.1, -0.05) is 25.4 Å². The predicted octanol–water partition coefficient (Wildman–Crippen LogP) is 4.48. The molecule has 0 radical (unpaired) electrons. The van der Waals surface area contributed by atoms with Crippen LogP contribution in [0.1, 0.15) is 13.8 Å². The lowest BCUT2D eigenvalue weighted by Gasteiger charge is -2.23. The Bertz CT molecular complexity index is 880. The van der Waals surface area contributed by atoms with Crippen molar-refractivity contribution >= 4 is 39.1 Å². The van der Waals surface area contributed by atoms with Crippen molar-refractivity contribution in [3.05, 3.63) is 41.4 Å². The molecule has 1 atom stereocenters. The van der Waals surface area contributed by atoms with Crippen molar-refractivity contribution in [2.24, 2.45) is 5.92 Å². The number of nitrogens with zero attached hydrogens (tertiary/aromatic N) is 1. The van der Waals surface area contributed by atoms with Crippen LogP contribution in [0.4, 0.5) is 5.69 Å². The molecule has 0 amide bonds. The summed E-state index contributed by atoms with van der Waals surface area (Å²) in [6, 6.07) is 11.4. The molecule has 4 nitrogen and oxygen atoms in total. The normalized spacial score (nSPS) is 12.8. The van der Waals surface area contributed by atoms with Gasteiger partial charge in [0.2, 0.25) is 0 Å². The van der Waals surface area contributed by atoms with Gasteiger partial charge in [0.15, 0.2) is 0 Å². The topological polar surface area (TPSA) is 54.4 Å². The Hall–Kier alpha value is -2.04. The summed E-state index contributed by atoms with van der Waals surface area (Å²) in [5.74, 6) is 1.05. The average molecular weight is 345 g/mol. The molecule has 0 bridgehead atoms. The number of aromatic nitrogens is 1. The fraction of sp³-hybridized carbons (Fsp3) is 0.316. The van der Waals surface area contributed by atoms with E-state index < -0.39 is 0 Å². The first-order chi connectivity index (χ1) is 11.5. The van der Waals surface area contributed by atoms with Crippen LogP contribution in [0.3, 0.4) is 0 Å². The van der Waals surface area contributed by atoms with Gasteiger partial charge in [0.05, 0.1) is 36.5 Å². The predicted molar refractivity (Wildman–Crippen MR) is 100 cm³/mol. The van der Waals surface area contributed by atoms with Crippen molar-refractivity contribution in [2.75, 3.05) is 19.0 Å². The van der Waals surface area contributed by atoms with Gasteiger partial charge >= 0.3 is 0 Å². The van der Waals surface area contributed by atoms with E-state index in [1.54, 1.807) is 7.11 Å². The standard InChI is InChI=1S/C19H21ClN2O2/c1-11(2)18(10-23)22-19-14-6-4-12(20)8-17(14)21-16-7-5-13(24-3)9-15(16)19/h4-9,11,18,23H,10H2,1-3H3,(H,21,22)/t18-/m0/s1. The third-order valence-electron chi connectivity index (χ3n) is 4.27. The quantitative estimate of drug-likeness (QED) is 0.670. The number of ether oxygens (including phenoxy) is 1. The summed E-state index contributed by atoms with van der Waals surface area (Å²) in [6.07, 6.45) is 0. The van der Waals surface area contributed by atoms with Crippen LogP contribution in [0.5, 0.6) is 5.75 Å². The van der Waals surface area contributed by atoms with Crippen LogP contribution in [-0.4, -0.2) is 29.8 Å². The summed E-state index contributed by atoms with van der Waals surface area (Å²) in [5.41, 5.74) is 2.62. The number of hydrogen-bond donors (Lipinski definition) is 2. The smallest absolute Gasteiger partial charge is 0.119 e. The van der Waals surface area contributed by atoms with Gasteiger partial charge in [0, 0.05) is 15.8 Å². The second-order valence-electron chi connectivity index (χ2n) is 6.21. The molecule has 1 heterocycles. The molecule has 24 heavy (non-hydrogen) atoms. The van der Waals surface area contributed by atoms with Crippen LogP contribution in [0.2, 0.25) is 5.02 Å². The molecule has 0 aliphatic rings. The van der Waals surface area contributed by atoms with Crippen molar-refractivity contribution in [3.8, 4) is 5.75 Å². The van der Waals surface area contributed by atoms with Crippen LogP contribution in [0.25, 0.3) is 21.8 Å². The third-order valence-corrected chi connectivity index (χ3v) is 4.51. The Morgan fingerprint density at radius 3 is 2.58 bits per heavy atom. The number of hydrogen-bond acceptors (Lipinski definition) is 4. The minimum Gasteiger partial charge on any atom is -0.497 e. The molecular formula is C19H21ClN2O2. The number of halogens is 1. The van der Waals surface area contributed by atoms with Gasteiger partial charge in [-0.15, -0.1) is 0 Å². The lowest BCUT2D eigenvalue weighted by Crippen LogP contribution is -2.29. The van der Waals surface area contributed by atoms with Crippen molar-refractivity contribution in [3.63, 3.8) is 0 Å². The first-order valence-corrected chi connectivity index (χ1v) is 8.35. The molecule has 0 saturated carbocycles. The first-order valence-electron chi connectivity index (χ1n) is 7.98. The van der Waals surface area contributed by atoms with Gasteiger partial charge in [-0.25, -0.2) is 4.98 Å². The molecule has 0 spiro atoms. The number of fused-ring (bicyclic) bond motifs is 2. The number of aliphatic hydroxyl groups is 1. The fourth-order valence-corrected chi connectivity index (χ4v) is 2.95. The Balaban J connectivity index is 2.29. The van der Waals surface area contributed by atoms with Crippen molar-refractivity contribution in [1.82, 2.24) is 4.98 Å². The van der Waals surface area contributed by atoms with Gasteiger partial charge < -0.3 is 15.2 Å². The Morgan fingerprint density at radius 2 is 1.92 bits per heavy atom. The number of benzene rings is 2. The summed E-state index contributed by atoms with van der Waals surface area (Å²) in [5, 5.41) is 15.8. The van der Waals surface area contributed by atoms with Crippen LogP contribution in [0, 0.1) is 5.92 Å². The molecule has 0 aliphatic heterocycles. The van der Waals surface area contributed by atoms with Gasteiger partial charge in [-0.2, -0.15) is 0 Å². The lowest BCUT2D eigenvalue weighted by molar-refractivity contribution is 0.249. The summed E-state index contributed by atoms with van der Waals surface area (Å²) < 4.78 is 5.36. The van der Waals surface area contributed by atoms with E-state index in [1.165, 1.54) is 0 Å². The lowest BCUT2D eigenvalue weighted by atomic mass is 10.0. The van der Waals surface area contributed by atoms with Crippen molar-refractivity contribution < 1.29 is 9.84 Å². The van der Waals surface area contributed by atoms with E-state index in [0.717, 1.165) is 33.2 Å². The van der Waals surface area contributed by atoms with E-state index in [9.17, 15) is 5.11 Å². The highest BCUT2D eigenvalue weighted by Crippen LogP contribution is 2.35. The van der Waals surface area contributed by atoms with E-state index in [4.69, 9.17) is 21.3 Å². The number of anilines is 1. The third kappa shape index (κ3) is 3.12. The second kappa shape index (κ2) is 6.83. The number of nitrogens with one attached hydrogen (secondary N) is 1. The molecule has 126 valence electrons. The van der Waals surface area contributed by atoms with Crippen LogP contribution < -0.4 is 10.1 Å². The largest absolute Gasteiger partial charge is 0.497 e.